The SMILES string of the molecule is Cc1c(C(=O)NCCCN2CCCCC2C)cc(-c2ccccc2)n1-c1ccccc1F. The molecule has 168 valence electrons. The van der Waals surface area contributed by atoms with Crippen LogP contribution < -0.4 is 5.32 Å². The molecule has 1 amide bonds. The van der Waals surface area contributed by atoms with E-state index in [4.69, 9.17) is 0 Å². The van der Waals surface area contributed by atoms with E-state index < -0.39 is 0 Å². The van der Waals surface area contributed by atoms with Crippen LogP contribution in [-0.2, 0) is 0 Å². The maximum atomic E-state index is 14.7. The molecule has 2 aromatic carbocycles. The van der Waals surface area contributed by atoms with Crippen molar-refractivity contribution in [3.63, 3.8) is 0 Å². The lowest BCUT2D eigenvalue weighted by atomic mass is 10.0. The van der Waals surface area contributed by atoms with Crippen LogP contribution in [0.25, 0.3) is 16.9 Å². The van der Waals surface area contributed by atoms with Gasteiger partial charge in [0.2, 0.25) is 0 Å². The van der Waals surface area contributed by atoms with E-state index in [-0.39, 0.29) is 11.7 Å². The van der Waals surface area contributed by atoms with E-state index in [1.165, 1.54) is 25.3 Å². The highest BCUT2D eigenvalue weighted by atomic mass is 19.1. The second kappa shape index (κ2) is 10.1. The van der Waals surface area contributed by atoms with E-state index in [0.717, 1.165) is 36.5 Å². The van der Waals surface area contributed by atoms with Crippen molar-refractivity contribution in [1.29, 1.82) is 0 Å². The summed E-state index contributed by atoms with van der Waals surface area (Å²) in [5, 5.41) is 3.08. The first-order valence-electron chi connectivity index (χ1n) is 11.6. The second-order valence-corrected chi connectivity index (χ2v) is 8.67. The number of nitrogens with zero attached hydrogens (tertiary/aromatic N) is 2. The Labute approximate surface area is 190 Å². The molecule has 1 aliphatic rings. The number of carbonyl (C=O) groups excluding carboxylic acids is 1. The van der Waals surface area contributed by atoms with Crippen molar-refractivity contribution in [2.24, 2.45) is 0 Å². The highest BCUT2D eigenvalue weighted by Crippen LogP contribution is 2.30. The third-order valence-corrected chi connectivity index (χ3v) is 6.50. The second-order valence-electron chi connectivity index (χ2n) is 8.67. The third kappa shape index (κ3) is 4.78. The maximum absolute atomic E-state index is 14.7. The first-order valence-corrected chi connectivity index (χ1v) is 11.6. The lowest BCUT2D eigenvalue weighted by Gasteiger charge is -2.33. The molecule has 0 saturated carbocycles. The Morgan fingerprint density at radius 3 is 2.59 bits per heavy atom. The summed E-state index contributed by atoms with van der Waals surface area (Å²) < 4.78 is 16.5. The molecule has 1 saturated heterocycles. The first kappa shape index (κ1) is 22.3. The van der Waals surface area contributed by atoms with Crippen molar-refractivity contribution in [3.05, 3.63) is 77.7 Å². The average Bonchev–Trinajstić information content (AvgIpc) is 3.15. The molecule has 1 aromatic heterocycles. The number of halogens is 1. The minimum atomic E-state index is -0.314. The number of piperidine rings is 1. The van der Waals surface area contributed by atoms with E-state index in [1.807, 2.05) is 54.0 Å². The summed E-state index contributed by atoms with van der Waals surface area (Å²) in [4.78, 5) is 15.6. The molecule has 32 heavy (non-hydrogen) atoms. The van der Waals surface area contributed by atoms with Gasteiger partial charge in [0.1, 0.15) is 5.82 Å². The fourth-order valence-corrected chi connectivity index (χ4v) is 4.67. The Morgan fingerprint density at radius 2 is 1.84 bits per heavy atom. The minimum Gasteiger partial charge on any atom is -0.352 e. The van der Waals surface area contributed by atoms with Crippen molar-refractivity contribution in [1.82, 2.24) is 14.8 Å². The summed E-state index contributed by atoms with van der Waals surface area (Å²) in [5.74, 6) is -0.424. The molecule has 4 rings (SSSR count). The largest absolute Gasteiger partial charge is 0.352 e. The monoisotopic (exact) mass is 433 g/mol. The quantitative estimate of drug-likeness (QED) is 0.494. The Kier molecular flexibility index (Phi) is 7.05. The predicted molar refractivity (Wildman–Crippen MR) is 128 cm³/mol. The Bertz CT molecular complexity index is 1060. The normalized spacial score (nSPS) is 16.8. The number of hydrogen-bond acceptors (Lipinski definition) is 2. The van der Waals surface area contributed by atoms with Crippen LogP contribution in [0.4, 0.5) is 4.39 Å². The van der Waals surface area contributed by atoms with Crippen LogP contribution in [0.5, 0.6) is 0 Å². The summed E-state index contributed by atoms with van der Waals surface area (Å²) >= 11 is 0. The van der Waals surface area contributed by atoms with Gasteiger partial charge in [-0.3, -0.25) is 4.79 Å². The number of rotatable bonds is 7. The van der Waals surface area contributed by atoms with Gasteiger partial charge < -0.3 is 14.8 Å². The van der Waals surface area contributed by atoms with Crippen LogP contribution in [-0.4, -0.2) is 41.1 Å². The first-order chi connectivity index (χ1) is 15.6. The fraction of sp³-hybridized carbons (Fsp3) is 0.370. The molecule has 4 nitrogen and oxygen atoms in total. The predicted octanol–water partition coefficient (Wildman–Crippen LogP) is 5.59. The number of benzene rings is 2. The number of aromatic nitrogens is 1. The molecule has 1 N–H and O–H groups in total. The summed E-state index contributed by atoms with van der Waals surface area (Å²) in [6, 6.07) is 19.0. The number of likely N-dealkylation sites (tertiary alicyclic amines) is 1. The van der Waals surface area contributed by atoms with Crippen LogP contribution >= 0.6 is 0 Å². The van der Waals surface area contributed by atoms with Crippen LogP contribution in [0.1, 0.15) is 48.7 Å². The lowest BCUT2D eigenvalue weighted by molar-refractivity contribution is 0.0948. The van der Waals surface area contributed by atoms with Gasteiger partial charge in [-0.2, -0.15) is 0 Å². The molecule has 0 aliphatic carbocycles. The zero-order valence-corrected chi connectivity index (χ0v) is 19.0. The molecule has 1 aliphatic heterocycles. The molecular formula is C27H32FN3O. The van der Waals surface area contributed by atoms with Crippen LogP contribution in [0.15, 0.2) is 60.7 Å². The molecular weight excluding hydrogens is 401 g/mol. The van der Waals surface area contributed by atoms with Crippen molar-refractivity contribution in [2.75, 3.05) is 19.6 Å². The van der Waals surface area contributed by atoms with Crippen molar-refractivity contribution in [3.8, 4) is 16.9 Å². The van der Waals surface area contributed by atoms with Crippen LogP contribution in [0.2, 0.25) is 0 Å². The zero-order valence-electron chi connectivity index (χ0n) is 19.0. The smallest absolute Gasteiger partial charge is 0.253 e. The van der Waals surface area contributed by atoms with Gasteiger partial charge >= 0.3 is 0 Å². The van der Waals surface area contributed by atoms with E-state index >= 15 is 0 Å². The van der Waals surface area contributed by atoms with E-state index in [2.05, 4.69) is 17.1 Å². The molecule has 1 fully saturated rings. The molecule has 3 aromatic rings. The van der Waals surface area contributed by atoms with E-state index in [1.54, 1.807) is 12.1 Å². The van der Waals surface area contributed by atoms with Gasteiger partial charge in [0, 0.05) is 24.8 Å². The number of amides is 1. The minimum absolute atomic E-state index is 0.110. The molecule has 1 atom stereocenters. The molecule has 0 radical (unpaired) electrons. The van der Waals surface area contributed by atoms with Gasteiger partial charge in [-0.15, -0.1) is 0 Å². The topological polar surface area (TPSA) is 37.3 Å². The van der Waals surface area contributed by atoms with Crippen LogP contribution in [0, 0.1) is 12.7 Å². The molecule has 0 bridgehead atoms. The molecule has 2 heterocycles. The van der Waals surface area contributed by atoms with E-state index in [0.29, 0.717) is 23.8 Å². The van der Waals surface area contributed by atoms with Gasteiger partial charge in [-0.25, -0.2) is 4.39 Å². The van der Waals surface area contributed by atoms with Crippen molar-refractivity contribution in [2.45, 2.75) is 45.6 Å². The Balaban J connectivity index is 1.54. The average molecular weight is 434 g/mol. The Morgan fingerprint density at radius 1 is 1.09 bits per heavy atom. The molecule has 1 unspecified atom stereocenters. The summed E-state index contributed by atoms with van der Waals surface area (Å²) in [6.07, 6.45) is 4.77. The fourth-order valence-electron chi connectivity index (χ4n) is 4.67. The Hall–Kier alpha value is -2.92. The highest BCUT2D eigenvalue weighted by Gasteiger charge is 2.21. The number of nitrogens with one attached hydrogen (secondary N) is 1. The lowest BCUT2D eigenvalue weighted by Crippen LogP contribution is -2.39. The summed E-state index contributed by atoms with van der Waals surface area (Å²) in [7, 11) is 0. The maximum Gasteiger partial charge on any atom is 0.253 e. The van der Waals surface area contributed by atoms with E-state index in [9.17, 15) is 9.18 Å². The van der Waals surface area contributed by atoms with Crippen molar-refractivity contribution < 1.29 is 9.18 Å². The summed E-state index contributed by atoms with van der Waals surface area (Å²) in [5.41, 5.74) is 3.51. The standard InChI is InChI=1S/C27H32FN3O/c1-20-11-8-9-17-30(20)18-10-16-29-27(32)23-19-26(22-12-4-3-5-13-22)31(21(23)2)25-15-7-6-14-24(25)28/h3-7,12-15,19-20H,8-11,16-18H2,1-2H3,(H,29,32). The zero-order chi connectivity index (χ0) is 22.5. The van der Waals surface area contributed by atoms with Gasteiger partial charge in [0.25, 0.3) is 5.91 Å². The number of carbonyl (C=O) groups is 1. The van der Waals surface area contributed by atoms with Gasteiger partial charge in [-0.1, -0.05) is 48.9 Å². The number of para-hydroxylation sites is 1. The highest BCUT2D eigenvalue weighted by molar-refractivity contribution is 5.97. The van der Waals surface area contributed by atoms with Gasteiger partial charge in [-0.05, 0) is 63.4 Å². The number of hydrogen-bond donors (Lipinski definition) is 1. The molecule has 0 spiro atoms. The summed E-state index contributed by atoms with van der Waals surface area (Å²) in [6.45, 7) is 6.96. The van der Waals surface area contributed by atoms with Crippen LogP contribution in [0.3, 0.4) is 0 Å². The van der Waals surface area contributed by atoms with Crippen molar-refractivity contribution >= 4 is 5.91 Å². The molecule has 5 heteroatoms. The van der Waals surface area contributed by atoms with Gasteiger partial charge in [0.05, 0.1) is 16.9 Å². The van der Waals surface area contributed by atoms with Gasteiger partial charge in [0.15, 0.2) is 0 Å². The third-order valence-electron chi connectivity index (χ3n) is 6.50.